The summed E-state index contributed by atoms with van der Waals surface area (Å²) in [6, 6.07) is 11.2. The SMILES string of the molecule is Fc1ccccc1C1NN=C2C(=Cc3cccs3)CCCC21. The second-order valence-corrected chi connectivity index (χ2v) is 6.79. The number of hydrogen-bond acceptors (Lipinski definition) is 3. The van der Waals surface area contributed by atoms with Gasteiger partial charge in [-0.2, -0.15) is 5.10 Å². The zero-order chi connectivity index (χ0) is 14.9. The van der Waals surface area contributed by atoms with E-state index in [0.717, 1.165) is 30.5 Å². The third-order valence-electron chi connectivity index (χ3n) is 4.47. The Morgan fingerprint density at radius 2 is 2.14 bits per heavy atom. The fraction of sp³-hybridized carbons (Fsp3) is 0.278. The Bertz CT molecular complexity index is 733. The maximum Gasteiger partial charge on any atom is 0.128 e. The van der Waals surface area contributed by atoms with E-state index >= 15 is 0 Å². The van der Waals surface area contributed by atoms with Crippen LogP contribution in [0.4, 0.5) is 4.39 Å². The topological polar surface area (TPSA) is 24.4 Å². The van der Waals surface area contributed by atoms with Gasteiger partial charge in [0, 0.05) is 16.4 Å². The predicted octanol–water partition coefficient (Wildman–Crippen LogP) is 4.77. The summed E-state index contributed by atoms with van der Waals surface area (Å²) >= 11 is 1.74. The van der Waals surface area contributed by atoms with Crippen molar-refractivity contribution in [3.8, 4) is 0 Å². The van der Waals surface area contributed by atoms with Crippen LogP contribution in [0.5, 0.6) is 0 Å². The van der Waals surface area contributed by atoms with Gasteiger partial charge in [-0.1, -0.05) is 24.3 Å². The molecule has 1 aromatic carbocycles. The minimum Gasteiger partial charge on any atom is -0.302 e. The third kappa shape index (κ3) is 2.37. The lowest BCUT2D eigenvalue weighted by molar-refractivity contribution is 0.434. The largest absolute Gasteiger partial charge is 0.302 e. The van der Waals surface area contributed by atoms with Gasteiger partial charge in [0.05, 0.1) is 11.8 Å². The van der Waals surface area contributed by atoms with E-state index in [1.807, 2.05) is 12.1 Å². The molecule has 2 heterocycles. The molecule has 2 nitrogen and oxygen atoms in total. The van der Waals surface area contributed by atoms with Crippen LogP contribution in [0.2, 0.25) is 0 Å². The molecule has 0 amide bonds. The summed E-state index contributed by atoms with van der Waals surface area (Å²) in [4.78, 5) is 1.26. The van der Waals surface area contributed by atoms with Crippen LogP contribution < -0.4 is 5.43 Å². The zero-order valence-electron chi connectivity index (χ0n) is 12.1. The van der Waals surface area contributed by atoms with Crippen molar-refractivity contribution in [3.05, 3.63) is 63.6 Å². The van der Waals surface area contributed by atoms with Crippen molar-refractivity contribution < 1.29 is 4.39 Å². The number of thiophene rings is 1. The summed E-state index contributed by atoms with van der Waals surface area (Å²) in [5.41, 5.74) is 6.32. The first-order valence-corrected chi connectivity index (χ1v) is 8.53. The number of hydrazone groups is 1. The van der Waals surface area contributed by atoms with E-state index in [0.29, 0.717) is 0 Å². The monoisotopic (exact) mass is 312 g/mol. The number of allylic oxidation sites excluding steroid dienone is 1. The molecule has 1 aromatic heterocycles. The van der Waals surface area contributed by atoms with Crippen molar-refractivity contribution in [3.63, 3.8) is 0 Å². The van der Waals surface area contributed by atoms with E-state index in [2.05, 4.69) is 34.1 Å². The number of fused-ring (bicyclic) bond motifs is 1. The second kappa shape index (κ2) is 5.69. The van der Waals surface area contributed by atoms with Gasteiger partial charge in [0.25, 0.3) is 0 Å². The molecule has 2 aliphatic rings. The molecule has 4 heteroatoms. The highest BCUT2D eigenvalue weighted by Crippen LogP contribution is 2.40. The minimum absolute atomic E-state index is 0.0387. The van der Waals surface area contributed by atoms with Gasteiger partial charge in [-0.15, -0.1) is 11.3 Å². The van der Waals surface area contributed by atoms with Gasteiger partial charge in [0.1, 0.15) is 5.82 Å². The molecule has 2 aromatic rings. The number of nitrogens with zero attached hydrogens (tertiary/aromatic N) is 1. The quantitative estimate of drug-likeness (QED) is 0.848. The van der Waals surface area contributed by atoms with Crippen molar-refractivity contribution in [2.24, 2.45) is 11.0 Å². The molecule has 2 unspecified atom stereocenters. The standard InChI is InChI=1S/C18H17FN2S/c19-16-9-2-1-7-14(16)18-15-8-3-5-12(17(15)20-21-18)11-13-6-4-10-22-13/h1-2,4,6-7,9-11,15,18,21H,3,5,8H2. The third-order valence-corrected chi connectivity index (χ3v) is 5.29. The molecule has 0 spiro atoms. The fourth-order valence-corrected chi connectivity index (χ4v) is 4.11. The average molecular weight is 312 g/mol. The molecule has 1 fully saturated rings. The molecule has 1 aliphatic heterocycles. The van der Waals surface area contributed by atoms with Crippen LogP contribution in [0, 0.1) is 11.7 Å². The van der Waals surface area contributed by atoms with E-state index in [9.17, 15) is 4.39 Å². The first kappa shape index (κ1) is 13.7. The second-order valence-electron chi connectivity index (χ2n) is 5.81. The van der Waals surface area contributed by atoms with E-state index in [-0.39, 0.29) is 17.8 Å². The summed E-state index contributed by atoms with van der Waals surface area (Å²) in [7, 11) is 0. The summed E-state index contributed by atoms with van der Waals surface area (Å²) in [5.74, 6) is 0.127. The Hall–Kier alpha value is -1.94. The molecule has 0 bridgehead atoms. The highest BCUT2D eigenvalue weighted by molar-refractivity contribution is 7.10. The first-order chi connectivity index (χ1) is 10.8. The number of halogens is 1. The van der Waals surface area contributed by atoms with Crippen molar-refractivity contribution in [2.75, 3.05) is 0 Å². The summed E-state index contributed by atoms with van der Waals surface area (Å²) in [6.07, 6.45) is 5.49. The van der Waals surface area contributed by atoms with Gasteiger partial charge in [0.2, 0.25) is 0 Å². The lowest BCUT2D eigenvalue weighted by Gasteiger charge is -2.26. The maximum atomic E-state index is 14.1. The molecule has 0 saturated heterocycles. The Morgan fingerprint density at radius 3 is 2.95 bits per heavy atom. The highest BCUT2D eigenvalue weighted by atomic mass is 32.1. The molecule has 1 aliphatic carbocycles. The van der Waals surface area contributed by atoms with Crippen LogP contribution >= 0.6 is 11.3 Å². The van der Waals surface area contributed by atoms with E-state index in [4.69, 9.17) is 0 Å². The Kier molecular flexibility index (Phi) is 3.54. The van der Waals surface area contributed by atoms with Crippen LogP contribution in [0.25, 0.3) is 6.08 Å². The van der Waals surface area contributed by atoms with Gasteiger partial charge in [-0.3, -0.25) is 0 Å². The van der Waals surface area contributed by atoms with Crippen LogP contribution in [0.1, 0.15) is 35.7 Å². The smallest absolute Gasteiger partial charge is 0.128 e. The van der Waals surface area contributed by atoms with Crippen LogP contribution in [0.3, 0.4) is 0 Å². The summed E-state index contributed by atoms with van der Waals surface area (Å²) < 4.78 is 14.1. The molecule has 112 valence electrons. The Morgan fingerprint density at radius 1 is 1.23 bits per heavy atom. The van der Waals surface area contributed by atoms with E-state index < -0.39 is 0 Å². The molecule has 4 rings (SSSR count). The van der Waals surface area contributed by atoms with Crippen molar-refractivity contribution in [2.45, 2.75) is 25.3 Å². The lowest BCUT2D eigenvalue weighted by Crippen LogP contribution is -2.26. The normalized spacial score (nSPS) is 25.7. The van der Waals surface area contributed by atoms with E-state index in [1.54, 1.807) is 17.4 Å². The zero-order valence-corrected chi connectivity index (χ0v) is 12.9. The number of hydrogen-bond donors (Lipinski definition) is 1. The van der Waals surface area contributed by atoms with E-state index in [1.165, 1.54) is 16.5 Å². The highest BCUT2D eigenvalue weighted by Gasteiger charge is 2.37. The van der Waals surface area contributed by atoms with Crippen LogP contribution in [0.15, 0.2) is 52.5 Å². The molecular formula is C18H17FN2S. The Labute approximate surface area is 133 Å². The molecular weight excluding hydrogens is 295 g/mol. The van der Waals surface area contributed by atoms with Gasteiger partial charge >= 0.3 is 0 Å². The van der Waals surface area contributed by atoms with Gasteiger partial charge in [0.15, 0.2) is 0 Å². The van der Waals surface area contributed by atoms with Crippen molar-refractivity contribution >= 4 is 23.1 Å². The molecule has 22 heavy (non-hydrogen) atoms. The van der Waals surface area contributed by atoms with Crippen LogP contribution in [-0.2, 0) is 0 Å². The van der Waals surface area contributed by atoms with Gasteiger partial charge in [-0.25, -0.2) is 4.39 Å². The Balaban J connectivity index is 1.65. The number of rotatable bonds is 2. The minimum atomic E-state index is -0.147. The summed E-state index contributed by atoms with van der Waals surface area (Å²) in [6.45, 7) is 0. The van der Waals surface area contributed by atoms with Crippen molar-refractivity contribution in [1.29, 1.82) is 0 Å². The fourth-order valence-electron chi connectivity index (χ4n) is 3.43. The number of nitrogens with one attached hydrogen (secondary N) is 1. The molecule has 0 radical (unpaired) electrons. The average Bonchev–Trinajstić information content (AvgIpc) is 3.18. The van der Waals surface area contributed by atoms with Gasteiger partial charge < -0.3 is 5.43 Å². The lowest BCUT2D eigenvalue weighted by atomic mass is 9.78. The van der Waals surface area contributed by atoms with Crippen LogP contribution in [-0.4, -0.2) is 5.71 Å². The predicted molar refractivity (Wildman–Crippen MR) is 89.3 cm³/mol. The molecule has 1 N–H and O–H groups in total. The molecule has 2 atom stereocenters. The summed E-state index contributed by atoms with van der Waals surface area (Å²) in [5, 5.41) is 6.64. The number of benzene rings is 1. The van der Waals surface area contributed by atoms with Gasteiger partial charge in [-0.05, 0) is 48.4 Å². The molecule has 1 saturated carbocycles. The van der Waals surface area contributed by atoms with Crippen molar-refractivity contribution in [1.82, 2.24) is 5.43 Å². The first-order valence-electron chi connectivity index (χ1n) is 7.65. The maximum absolute atomic E-state index is 14.1.